The third kappa shape index (κ3) is 2.74. The number of hydrogen-bond donors (Lipinski definition) is 1. The molecule has 1 aromatic heterocycles. The van der Waals surface area contributed by atoms with Gasteiger partial charge in [0, 0.05) is 0 Å². The molecule has 1 N–H and O–H groups in total. The Morgan fingerprint density at radius 1 is 1.33 bits per heavy atom. The predicted molar refractivity (Wildman–Crippen MR) is 69.3 cm³/mol. The lowest BCUT2D eigenvalue weighted by Gasteiger charge is -2.07. The molecule has 0 saturated heterocycles. The van der Waals surface area contributed by atoms with Crippen LogP contribution in [0.3, 0.4) is 0 Å². The second-order valence-corrected chi connectivity index (χ2v) is 7.07. The predicted octanol–water partition coefficient (Wildman–Crippen LogP) is 3.39. The average molecular weight is 327 g/mol. The zero-order chi connectivity index (χ0) is 13.3. The number of hydrogen-bond acceptors (Lipinski definition) is 4. The number of anilines is 1. The third-order valence-corrected chi connectivity index (χ3v) is 5.15. The lowest BCUT2D eigenvalue weighted by molar-refractivity contribution is 0.600. The maximum Gasteiger partial charge on any atom is 0.273 e. The van der Waals surface area contributed by atoms with Crippen molar-refractivity contribution in [2.75, 3.05) is 4.72 Å². The van der Waals surface area contributed by atoms with Crippen LogP contribution < -0.4 is 4.72 Å². The quantitative estimate of drug-likeness (QED) is 0.940. The van der Waals surface area contributed by atoms with Crippen LogP contribution >= 0.6 is 34.5 Å². The molecule has 0 aliphatic rings. The van der Waals surface area contributed by atoms with Gasteiger partial charge in [-0.25, -0.2) is 17.8 Å². The summed E-state index contributed by atoms with van der Waals surface area (Å²) >= 11 is 11.9. The van der Waals surface area contributed by atoms with Crippen LogP contribution in [0.4, 0.5) is 10.1 Å². The van der Waals surface area contributed by atoms with E-state index in [9.17, 15) is 12.8 Å². The lowest BCUT2D eigenvalue weighted by atomic mass is 10.3. The maximum absolute atomic E-state index is 13.6. The molecule has 0 radical (unpaired) electrons. The van der Waals surface area contributed by atoms with Crippen LogP contribution in [0.15, 0.2) is 28.6 Å². The summed E-state index contributed by atoms with van der Waals surface area (Å²) in [6, 6.07) is 4.02. The summed E-state index contributed by atoms with van der Waals surface area (Å²) in [6.07, 6.45) is 1.10. The lowest BCUT2D eigenvalue weighted by Crippen LogP contribution is -2.12. The standard InChI is InChI=1S/C9H5Cl2FN2O2S2/c10-5-2-1-3-6(8(5)12)14-18(15,16)7-4-13-9(11)17-7/h1-4,14H. The van der Waals surface area contributed by atoms with Crippen LogP contribution in [0.25, 0.3) is 0 Å². The van der Waals surface area contributed by atoms with Crippen LogP contribution in [-0.4, -0.2) is 13.4 Å². The van der Waals surface area contributed by atoms with E-state index in [1.54, 1.807) is 0 Å². The van der Waals surface area contributed by atoms with Gasteiger partial charge < -0.3 is 0 Å². The van der Waals surface area contributed by atoms with Crippen LogP contribution in [0.2, 0.25) is 9.49 Å². The van der Waals surface area contributed by atoms with Gasteiger partial charge in [0.2, 0.25) is 0 Å². The molecular weight excluding hydrogens is 322 g/mol. The van der Waals surface area contributed by atoms with Gasteiger partial charge >= 0.3 is 0 Å². The van der Waals surface area contributed by atoms with Crippen molar-refractivity contribution < 1.29 is 12.8 Å². The summed E-state index contributed by atoms with van der Waals surface area (Å²) < 4.78 is 39.4. The smallest absolute Gasteiger partial charge is 0.273 e. The zero-order valence-corrected chi connectivity index (χ0v) is 11.7. The van der Waals surface area contributed by atoms with Crippen molar-refractivity contribution in [3.05, 3.63) is 39.7 Å². The second kappa shape index (κ2) is 5.00. The Kier molecular flexibility index (Phi) is 3.76. The van der Waals surface area contributed by atoms with Gasteiger partial charge in [-0.05, 0) is 12.1 Å². The molecule has 2 aromatic rings. The molecule has 9 heteroatoms. The summed E-state index contributed by atoms with van der Waals surface area (Å²) in [4.78, 5) is 3.61. The van der Waals surface area contributed by atoms with Crippen molar-refractivity contribution in [1.29, 1.82) is 0 Å². The number of sulfonamides is 1. The second-order valence-electron chi connectivity index (χ2n) is 3.14. The fraction of sp³-hybridized carbons (Fsp3) is 0. The summed E-state index contributed by atoms with van der Waals surface area (Å²) in [6.45, 7) is 0. The number of nitrogens with one attached hydrogen (secondary N) is 1. The molecule has 0 fully saturated rings. The van der Waals surface area contributed by atoms with Crippen molar-refractivity contribution in [3.8, 4) is 0 Å². The van der Waals surface area contributed by atoms with Crippen molar-refractivity contribution >= 4 is 50.2 Å². The SMILES string of the molecule is O=S(=O)(Nc1cccc(Cl)c1F)c1cnc(Cl)s1. The van der Waals surface area contributed by atoms with E-state index < -0.39 is 15.8 Å². The highest BCUT2D eigenvalue weighted by molar-refractivity contribution is 7.94. The summed E-state index contributed by atoms with van der Waals surface area (Å²) in [5, 5.41) is -0.169. The Morgan fingerprint density at radius 2 is 2.06 bits per heavy atom. The molecule has 1 aromatic carbocycles. The third-order valence-electron chi connectivity index (χ3n) is 1.92. The van der Waals surface area contributed by atoms with Gasteiger partial charge in [0.1, 0.15) is 0 Å². The Morgan fingerprint density at radius 3 is 2.67 bits per heavy atom. The van der Waals surface area contributed by atoms with Crippen LogP contribution in [0, 0.1) is 5.82 Å². The Bertz CT molecular complexity index is 688. The van der Waals surface area contributed by atoms with Gasteiger partial charge in [0.25, 0.3) is 10.0 Å². The molecule has 96 valence electrons. The highest BCUT2D eigenvalue weighted by Crippen LogP contribution is 2.27. The van der Waals surface area contributed by atoms with E-state index in [1.807, 2.05) is 0 Å². The number of nitrogens with zero attached hydrogens (tertiary/aromatic N) is 1. The number of benzene rings is 1. The molecule has 0 amide bonds. The first kappa shape index (κ1) is 13.5. The molecule has 0 unspecified atom stereocenters. The Hall–Kier alpha value is -0.890. The molecular formula is C9H5Cl2FN2O2S2. The Balaban J connectivity index is 2.37. The van der Waals surface area contributed by atoms with Gasteiger partial charge in [-0.3, -0.25) is 4.72 Å². The minimum atomic E-state index is -3.91. The number of thiazole rings is 1. The first-order valence-electron chi connectivity index (χ1n) is 4.48. The largest absolute Gasteiger partial charge is 0.276 e. The maximum atomic E-state index is 13.6. The van der Waals surface area contributed by atoms with Gasteiger partial charge in [0.15, 0.2) is 14.5 Å². The summed E-state index contributed by atoms with van der Waals surface area (Å²) in [5.41, 5.74) is -0.230. The molecule has 0 atom stereocenters. The van der Waals surface area contributed by atoms with Crippen LogP contribution in [0.5, 0.6) is 0 Å². The molecule has 0 bridgehead atoms. The van der Waals surface area contributed by atoms with Gasteiger partial charge in [-0.2, -0.15) is 0 Å². The highest BCUT2D eigenvalue weighted by atomic mass is 35.5. The highest BCUT2D eigenvalue weighted by Gasteiger charge is 2.20. The molecule has 0 aliphatic heterocycles. The fourth-order valence-corrected chi connectivity index (χ4v) is 3.67. The van der Waals surface area contributed by atoms with E-state index in [2.05, 4.69) is 9.71 Å². The first-order chi connectivity index (χ1) is 8.40. The van der Waals surface area contributed by atoms with Gasteiger partial charge in [-0.15, -0.1) is 0 Å². The number of halogens is 3. The van der Waals surface area contributed by atoms with Crippen molar-refractivity contribution in [3.63, 3.8) is 0 Å². The first-order valence-corrected chi connectivity index (χ1v) is 7.54. The normalized spacial score (nSPS) is 11.5. The fourth-order valence-electron chi connectivity index (χ4n) is 1.14. The summed E-state index contributed by atoms with van der Waals surface area (Å²) in [5.74, 6) is -0.835. The molecule has 0 aliphatic carbocycles. The van der Waals surface area contributed by atoms with E-state index in [1.165, 1.54) is 18.2 Å². The van der Waals surface area contributed by atoms with Crippen molar-refractivity contribution in [2.24, 2.45) is 0 Å². The average Bonchev–Trinajstić information content (AvgIpc) is 2.72. The van der Waals surface area contributed by atoms with E-state index in [-0.39, 0.29) is 19.4 Å². The summed E-state index contributed by atoms with van der Waals surface area (Å²) in [7, 11) is -3.91. The van der Waals surface area contributed by atoms with E-state index in [0.717, 1.165) is 17.5 Å². The number of aromatic nitrogens is 1. The van der Waals surface area contributed by atoms with E-state index >= 15 is 0 Å². The molecule has 4 nitrogen and oxygen atoms in total. The van der Waals surface area contributed by atoms with E-state index in [4.69, 9.17) is 23.2 Å². The minimum absolute atomic E-state index is 0.0851. The molecule has 2 rings (SSSR count). The Labute approximate surface area is 116 Å². The number of rotatable bonds is 3. The van der Waals surface area contributed by atoms with Gasteiger partial charge in [-0.1, -0.05) is 40.6 Å². The minimum Gasteiger partial charge on any atom is -0.276 e. The zero-order valence-electron chi connectivity index (χ0n) is 8.52. The molecule has 0 spiro atoms. The van der Waals surface area contributed by atoms with Crippen LogP contribution in [0.1, 0.15) is 0 Å². The van der Waals surface area contributed by atoms with Crippen LogP contribution in [-0.2, 0) is 10.0 Å². The molecule has 18 heavy (non-hydrogen) atoms. The van der Waals surface area contributed by atoms with Crippen molar-refractivity contribution in [1.82, 2.24) is 4.98 Å². The van der Waals surface area contributed by atoms with E-state index in [0.29, 0.717) is 0 Å². The molecule has 1 heterocycles. The van der Waals surface area contributed by atoms with Gasteiger partial charge in [0.05, 0.1) is 16.9 Å². The monoisotopic (exact) mass is 326 g/mol. The molecule has 0 saturated carbocycles. The topological polar surface area (TPSA) is 59.1 Å². The van der Waals surface area contributed by atoms with Crippen molar-refractivity contribution in [2.45, 2.75) is 4.21 Å².